The lowest BCUT2D eigenvalue weighted by Gasteiger charge is -2.15. The number of amides is 1. The van der Waals surface area contributed by atoms with Gasteiger partial charge in [-0.05, 0) is 35.9 Å². The summed E-state index contributed by atoms with van der Waals surface area (Å²) in [6.07, 6.45) is 2.15. The number of anilines is 1. The van der Waals surface area contributed by atoms with Crippen molar-refractivity contribution < 1.29 is 14.3 Å². The zero-order valence-corrected chi connectivity index (χ0v) is 15.1. The molecule has 0 spiro atoms. The van der Waals surface area contributed by atoms with Gasteiger partial charge in [-0.3, -0.25) is 9.59 Å². The lowest BCUT2D eigenvalue weighted by Crippen LogP contribution is -2.26. The molecule has 0 N–H and O–H groups in total. The van der Waals surface area contributed by atoms with Gasteiger partial charge in [0.2, 0.25) is 5.78 Å². The number of allylic oxidation sites excluding steroid dienone is 1. The highest BCUT2D eigenvalue weighted by atomic mass is 16.5. The number of methoxy groups -OCH3 is 1. The third-order valence-corrected chi connectivity index (χ3v) is 4.94. The molecule has 0 atom stereocenters. The molecule has 4 rings (SSSR count). The van der Waals surface area contributed by atoms with Gasteiger partial charge < -0.3 is 14.2 Å². The van der Waals surface area contributed by atoms with Crippen LogP contribution in [0.25, 0.3) is 22.2 Å². The van der Waals surface area contributed by atoms with Crippen LogP contribution in [0, 0.1) is 0 Å². The van der Waals surface area contributed by atoms with Gasteiger partial charge >= 0.3 is 0 Å². The van der Waals surface area contributed by atoms with Crippen molar-refractivity contribution in [1.29, 1.82) is 0 Å². The zero-order valence-electron chi connectivity index (χ0n) is 15.1. The average Bonchev–Trinajstić information content (AvgIpc) is 3.22. The second-order valence-corrected chi connectivity index (χ2v) is 6.53. The Morgan fingerprint density at radius 3 is 2.52 bits per heavy atom. The number of carbonyl (C=O) groups is 2. The predicted molar refractivity (Wildman–Crippen MR) is 106 cm³/mol. The molecule has 1 amide bonds. The molecule has 0 radical (unpaired) electrons. The fourth-order valence-corrected chi connectivity index (χ4v) is 3.56. The van der Waals surface area contributed by atoms with Crippen molar-refractivity contribution in [2.24, 2.45) is 0 Å². The van der Waals surface area contributed by atoms with Crippen LogP contribution < -0.4 is 9.64 Å². The van der Waals surface area contributed by atoms with Gasteiger partial charge in [-0.2, -0.15) is 0 Å². The maximum absolute atomic E-state index is 11.9. The number of rotatable bonds is 5. The van der Waals surface area contributed by atoms with E-state index in [9.17, 15) is 9.59 Å². The van der Waals surface area contributed by atoms with Gasteiger partial charge in [-0.25, -0.2) is 0 Å². The third-order valence-electron chi connectivity index (χ3n) is 4.94. The highest BCUT2D eigenvalue weighted by molar-refractivity contribution is 6.43. The smallest absolute Gasteiger partial charge is 0.294 e. The summed E-state index contributed by atoms with van der Waals surface area (Å²) in [6, 6.07) is 15.9. The van der Waals surface area contributed by atoms with Crippen LogP contribution in [0.4, 0.5) is 5.69 Å². The minimum atomic E-state index is -0.421. The van der Waals surface area contributed by atoms with Gasteiger partial charge in [0, 0.05) is 42.3 Å². The summed E-state index contributed by atoms with van der Waals surface area (Å²) in [6.45, 7) is 5.00. The van der Waals surface area contributed by atoms with Crippen LogP contribution in [0.1, 0.15) is 6.42 Å². The van der Waals surface area contributed by atoms with E-state index >= 15 is 0 Å². The molecule has 0 saturated carbocycles. The second kappa shape index (κ2) is 6.76. The average molecular weight is 360 g/mol. The quantitative estimate of drug-likeness (QED) is 0.514. The van der Waals surface area contributed by atoms with E-state index in [-0.39, 0.29) is 12.2 Å². The molecule has 0 bridgehead atoms. The molecule has 2 aromatic carbocycles. The number of carbonyl (C=O) groups excluding carboxylic acids is 2. The van der Waals surface area contributed by atoms with E-state index in [1.165, 1.54) is 4.90 Å². The lowest BCUT2D eigenvalue weighted by molar-refractivity contribution is -0.133. The molecule has 5 nitrogen and oxygen atoms in total. The van der Waals surface area contributed by atoms with E-state index < -0.39 is 5.91 Å². The maximum Gasteiger partial charge on any atom is 0.294 e. The summed E-state index contributed by atoms with van der Waals surface area (Å²) in [5, 5.41) is 1.12. The number of ketones is 1. The van der Waals surface area contributed by atoms with E-state index in [1.54, 1.807) is 7.11 Å². The van der Waals surface area contributed by atoms with Gasteiger partial charge in [0.25, 0.3) is 5.91 Å². The van der Waals surface area contributed by atoms with Crippen LogP contribution in [0.15, 0.2) is 61.2 Å². The predicted octanol–water partition coefficient (Wildman–Crippen LogP) is 3.81. The van der Waals surface area contributed by atoms with Gasteiger partial charge in [-0.1, -0.05) is 18.2 Å². The minimum absolute atomic E-state index is 0.288. The number of aromatic nitrogens is 1. The summed E-state index contributed by atoms with van der Waals surface area (Å²) in [7, 11) is 1.66. The Kier molecular flexibility index (Phi) is 4.28. The van der Waals surface area contributed by atoms with Crippen LogP contribution in [-0.4, -0.2) is 29.9 Å². The van der Waals surface area contributed by atoms with E-state index in [0.717, 1.165) is 33.6 Å². The zero-order chi connectivity index (χ0) is 19.0. The van der Waals surface area contributed by atoms with E-state index in [2.05, 4.69) is 17.2 Å². The highest BCUT2D eigenvalue weighted by Gasteiger charge is 2.30. The van der Waals surface area contributed by atoms with E-state index in [0.29, 0.717) is 13.1 Å². The van der Waals surface area contributed by atoms with Crippen molar-refractivity contribution in [3.63, 3.8) is 0 Å². The van der Waals surface area contributed by atoms with Crippen molar-refractivity contribution in [1.82, 2.24) is 4.57 Å². The first-order valence-corrected chi connectivity index (χ1v) is 8.85. The van der Waals surface area contributed by atoms with Gasteiger partial charge in [0.15, 0.2) is 0 Å². The molecule has 2 heterocycles. The number of nitrogens with zero attached hydrogens (tertiary/aromatic N) is 2. The Morgan fingerprint density at radius 2 is 1.89 bits per heavy atom. The van der Waals surface area contributed by atoms with Gasteiger partial charge in [0.1, 0.15) is 5.75 Å². The summed E-state index contributed by atoms with van der Waals surface area (Å²) in [5.74, 6) is 0.0692. The van der Waals surface area contributed by atoms with E-state index in [4.69, 9.17) is 4.74 Å². The summed E-state index contributed by atoms with van der Waals surface area (Å²) in [5.41, 5.74) is 3.93. The first-order chi connectivity index (χ1) is 13.1. The van der Waals surface area contributed by atoms with Crippen molar-refractivity contribution in [2.75, 3.05) is 18.6 Å². The Morgan fingerprint density at radius 1 is 1.11 bits per heavy atom. The SMILES string of the molecule is C=CCn1c(-c2ccc(N3CCC(=O)C3=O)cc2)cc2ccc(OC)cc21. The summed E-state index contributed by atoms with van der Waals surface area (Å²) in [4.78, 5) is 25.0. The Balaban J connectivity index is 1.75. The fourth-order valence-electron chi connectivity index (χ4n) is 3.56. The Labute approximate surface area is 157 Å². The van der Waals surface area contributed by atoms with E-state index in [1.807, 2.05) is 48.5 Å². The lowest BCUT2D eigenvalue weighted by atomic mass is 10.1. The van der Waals surface area contributed by atoms with Gasteiger partial charge in [-0.15, -0.1) is 6.58 Å². The molecule has 27 heavy (non-hydrogen) atoms. The normalized spacial score (nSPS) is 14.2. The van der Waals surface area contributed by atoms with Crippen LogP contribution in [0.5, 0.6) is 5.75 Å². The molecule has 1 fully saturated rings. The van der Waals surface area contributed by atoms with Crippen LogP contribution in [-0.2, 0) is 16.1 Å². The first kappa shape index (κ1) is 17.1. The number of benzene rings is 2. The number of ether oxygens (including phenoxy) is 1. The molecule has 1 saturated heterocycles. The van der Waals surface area contributed by atoms with Crippen molar-refractivity contribution in [2.45, 2.75) is 13.0 Å². The summed E-state index contributed by atoms with van der Waals surface area (Å²) >= 11 is 0. The molecule has 1 aliphatic heterocycles. The molecular weight excluding hydrogens is 340 g/mol. The van der Waals surface area contributed by atoms with Crippen LogP contribution in [0.3, 0.4) is 0 Å². The largest absolute Gasteiger partial charge is 0.497 e. The molecule has 136 valence electrons. The molecule has 5 heteroatoms. The topological polar surface area (TPSA) is 51.5 Å². The standard InChI is InChI=1S/C22H20N2O3/c1-3-11-24-19(13-16-6-9-18(27-2)14-20(16)24)15-4-7-17(8-5-15)23-12-10-21(25)22(23)26/h3-9,13-14H,1,10-12H2,2H3. The summed E-state index contributed by atoms with van der Waals surface area (Å²) < 4.78 is 7.54. The molecule has 0 aliphatic carbocycles. The minimum Gasteiger partial charge on any atom is -0.497 e. The number of hydrogen-bond donors (Lipinski definition) is 0. The van der Waals surface area contributed by atoms with Crippen LogP contribution in [0.2, 0.25) is 0 Å². The molecule has 1 aliphatic rings. The van der Waals surface area contributed by atoms with Gasteiger partial charge in [0.05, 0.1) is 12.6 Å². The Bertz CT molecular complexity index is 1050. The molecule has 3 aromatic rings. The molecular formula is C22H20N2O3. The second-order valence-electron chi connectivity index (χ2n) is 6.53. The first-order valence-electron chi connectivity index (χ1n) is 8.85. The molecule has 0 unspecified atom stereocenters. The monoisotopic (exact) mass is 360 g/mol. The highest BCUT2D eigenvalue weighted by Crippen LogP contribution is 2.32. The third kappa shape index (κ3) is 2.91. The maximum atomic E-state index is 11.9. The van der Waals surface area contributed by atoms with Crippen molar-refractivity contribution in [3.8, 4) is 17.0 Å². The number of hydrogen-bond acceptors (Lipinski definition) is 3. The fraction of sp³-hybridized carbons (Fsp3) is 0.182. The van der Waals surface area contributed by atoms with Crippen LogP contribution >= 0.6 is 0 Å². The number of fused-ring (bicyclic) bond motifs is 1. The Hall–Kier alpha value is -3.34. The molecule has 1 aromatic heterocycles. The number of Topliss-reactive ketones (excluding diaryl/α,β-unsaturated/α-hetero) is 1. The van der Waals surface area contributed by atoms with Crippen molar-refractivity contribution >= 4 is 28.3 Å². The van der Waals surface area contributed by atoms with Crippen molar-refractivity contribution in [3.05, 3.63) is 61.2 Å².